The third-order valence-corrected chi connectivity index (χ3v) is 4.72. The Hall–Kier alpha value is -2.44. The van der Waals surface area contributed by atoms with Gasteiger partial charge in [-0.05, 0) is 24.3 Å². The van der Waals surface area contributed by atoms with E-state index in [-0.39, 0.29) is 6.03 Å². The number of carbonyl (C=O) groups is 2. The highest BCUT2D eigenvalue weighted by Crippen LogP contribution is 2.21. The van der Waals surface area contributed by atoms with Crippen molar-refractivity contribution in [3.63, 3.8) is 0 Å². The number of anilines is 1. The summed E-state index contributed by atoms with van der Waals surface area (Å²) in [4.78, 5) is 31.1. The van der Waals surface area contributed by atoms with Crippen LogP contribution in [-0.2, 0) is 4.79 Å². The quantitative estimate of drug-likeness (QED) is 0.765. The van der Waals surface area contributed by atoms with Gasteiger partial charge in [-0.15, -0.1) is 0 Å². The van der Waals surface area contributed by atoms with Crippen LogP contribution in [0.5, 0.6) is 5.75 Å². The Labute approximate surface area is 142 Å². The number of hydrogen-bond acceptors (Lipinski definition) is 4. The van der Waals surface area contributed by atoms with Gasteiger partial charge in [0.15, 0.2) is 0 Å². The lowest BCUT2D eigenvalue weighted by atomic mass is 10.2. The topological polar surface area (TPSA) is 56.3 Å². The maximum absolute atomic E-state index is 12.6. The average Bonchev–Trinajstić information content (AvgIpc) is 2.68. The standard InChI is InChI=1S/C17H24N4O3/c1-24-16-4-2-15(3-5-16)19-10-12-21(13-11-19)17(23)20-8-6-18(14-22)7-9-20/h2-5,14H,6-13H2,1H3. The van der Waals surface area contributed by atoms with E-state index in [1.807, 2.05) is 21.9 Å². The van der Waals surface area contributed by atoms with Gasteiger partial charge in [-0.25, -0.2) is 4.79 Å². The van der Waals surface area contributed by atoms with E-state index in [0.29, 0.717) is 26.2 Å². The minimum atomic E-state index is 0.0925. The van der Waals surface area contributed by atoms with Crippen molar-refractivity contribution in [3.8, 4) is 5.75 Å². The van der Waals surface area contributed by atoms with Crippen molar-refractivity contribution in [2.75, 3.05) is 64.4 Å². The first-order chi connectivity index (χ1) is 11.7. The highest BCUT2D eigenvalue weighted by molar-refractivity contribution is 5.75. The Morgan fingerprint density at radius 3 is 1.96 bits per heavy atom. The molecule has 2 saturated heterocycles. The maximum Gasteiger partial charge on any atom is 0.320 e. The second-order valence-electron chi connectivity index (χ2n) is 6.08. The van der Waals surface area contributed by atoms with Gasteiger partial charge in [-0.1, -0.05) is 0 Å². The molecule has 3 amide bonds. The lowest BCUT2D eigenvalue weighted by molar-refractivity contribution is -0.119. The third kappa shape index (κ3) is 3.55. The Balaban J connectivity index is 1.51. The summed E-state index contributed by atoms with van der Waals surface area (Å²) in [6.45, 7) is 5.59. The van der Waals surface area contributed by atoms with Gasteiger partial charge < -0.3 is 24.3 Å². The molecule has 0 unspecified atom stereocenters. The molecule has 24 heavy (non-hydrogen) atoms. The molecule has 3 rings (SSSR count). The predicted octanol–water partition coefficient (Wildman–Crippen LogP) is 0.711. The summed E-state index contributed by atoms with van der Waals surface area (Å²) < 4.78 is 5.19. The number of methoxy groups -OCH3 is 1. The molecular formula is C17H24N4O3. The number of rotatable bonds is 3. The molecule has 130 valence electrons. The second-order valence-corrected chi connectivity index (χ2v) is 6.08. The summed E-state index contributed by atoms with van der Waals surface area (Å²) in [7, 11) is 1.66. The average molecular weight is 332 g/mol. The largest absolute Gasteiger partial charge is 0.497 e. The van der Waals surface area contributed by atoms with E-state index < -0.39 is 0 Å². The molecule has 0 aliphatic carbocycles. The van der Waals surface area contributed by atoms with Crippen LogP contribution in [-0.4, -0.2) is 86.6 Å². The Kier molecular flexibility index (Phi) is 5.08. The molecule has 7 nitrogen and oxygen atoms in total. The maximum atomic E-state index is 12.6. The summed E-state index contributed by atoms with van der Waals surface area (Å²) in [6, 6.07) is 8.11. The Bertz CT molecular complexity index is 562. The van der Waals surface area contributed by atoms with Crippen molar-refractivity contribution in [1.82, 2.24) is 14.7 Å². The van der Waals surface area contributed by atoms with Crippen molar-refractivity contribution in [2.24, 2.45) is 0 Å². The summed E-state index contributed by atoms with van der Waals surface area (Å²) >= 11 is 0. The van der Waals surface area contributed by atoms with E-state index in [9.17, 15) is 9.59 Å². The minimum absolute atomic E-state index is 0.0925. The van der Waals surface area contributed by atoms with Crippen molar-refractivity contribution >= 4 is 18.1 Å². The van der Waals surface area contributed by atoms with Gasteiger partial charge >= 0.3 is 6.03 Å². The molecular weight excluding hydrogens is 308 g/mol. The van der Waals surface area contributed by atoms with Gasteiger partial charge in [-0.3, -0.25) is 4.79 Å². The highest BCUT2D eigenvalue weighted by Gasteiger charge is 2.27. The highest BCUT2D eigenvalue weighted by atomic mass is 16.5. The molecule has 0 N–H and O–H groups in total. The van der Waals surface area contributed by atoms with Crippen LogP contribution in [0.1, 0.15) is 0 Å². The lowest BCUT2D eigenvalue weighted by Gasteiger charge is -2.40. The van der Waals surface area contributed by atoms with Crippen molar-refractivity contribution in [3.05, 3.63) is 24.3 Å². The Morgan fingerprint density at radius 1 is 0.917 bits per heavy atom. The van der Waals surface area contributed by atoms with Gasteiger partial charge in [0.25, 0.3) is 0 Å². The molecule has 0 spiro atoms. The molecule has 7 heteroatoms. The van der Waals surface area contributed by atoms with Crippen molar-refractivity contribution in [2.45, 2.75) is 0 Å². The van der Waals surface area contributed by atoms with Gasteiger partial charge in [0.05, 0.1) is 7.11 Å². The number of nitrogens with zero attached hydrogens (tertiary/aromatic N) is 4. The molecule has 2 heterocycles. The molecule has 2 aliphatic rings. The summed E-state index contributed by atoms with van der Waals surface area (Å²) in [5, 5.41) is 0. The van der Waals surface area contributed by atoms with Crippen LogP contribution in [0, 0.1) is 0 Å². The van der Waals surface area contributed by atoms with E-state index in [1.54, 1.807) is 12.0 Å². The predicted molar refractivity (Wildman–Crippen MR) is 91.4 cm³/mol. The SMILES string of the molecule is COc1ccc(N2CCN(C(=O)N3CCN(C=O)CC3)CC2)cc1. The molecule has 0 bridgehead atoms. The first kappa shape index (κ1) is 16.4. The zero-order valence-electron chi connectivity index (χ0n) is 14.1. The van der Waals surface area contributed by atoms with E-state index in [4.69, 9.17) is 4.74 Å². The number of hydrogen-bond donors (Lipinski definition) is 0. The van der Waals surface area contributed by atoms with E-state index in [2.05, 4.69) is 17.0 Å². The zero-order valence-corrected chi connectivity index (χ0v) is 14.1. The van der Waals surface area contributed by atoms with Crippen molar-refractivity contribution < 1.29 is 14.3 Å². The second kappa shape index (κ2) is 7.42. The molecule has 1 aromatic carbocycles. The van der Waals surface area contributed by atoms with Crippen LogP contribution in [0.4, 0.5) is 10.5 Å². The molecule has 1 aromatic rings. The number of ether oxygens (including phenoxy) is 1. The number of urea groups is 1. The molecule has 2 fully saturated rings. The molecule has 0 saturated carbocycles. The van der Waals surface area contributed by atoms with E-state index >= 15 is 0 Å². The zero-order chi connectivity index (χ0) is 16.9. The van der Waals surface area contributed by atoms with Gasteiger partial charge in [0.1, 0.15) is 5.75 Å². The fraction of sp³-hybridized carbons (Fsp3) is 0.529. The fourth-order valence-corrected chi connectivity index (χ4v) is 3.17. The van der Waals surface area contributed by atoms with Gasteiger partial charge in [-0.2, -0.15) is 0 Å². The van der Waals surface area contributed by atoms with Crippen LogP contribution < -0.4 is 9.64 Å². The molecule has 2 aliphatic heterocycles. The third-order valence-electron chi connectivity index (χ3n) is 4.72. The lowest BCUT2D eigenvalue weighted by Crippen LogP contribution is -2.56. The molecule has 0 atom stereocenters. The number of amides is 3. The Morgan fingerprint density at radius 2 is 1.46 bits per heavy atom. The minimum Gasteiger partial charge on any atom is -0.497 e. The summed E-state index contributed by atoms with van der Waals surface area (Å²) in [5.74, 6) is 0.849. The summed E-state index contributed by atoms with van der Waals surface area (Å²) in [5.41, 5.74) is 1.16. The number of piperazine rings is 2. The molecule has 0 aromatic heterocycles. The number of benzene rings is 1. The van der Waals surface area contributed by atoms with Crippen LogP contribution in [0.3, 0.4) is 0 Å². The monoisotopic (exact) mass is 332 g/mol. The fourth-order valence-electron chi connectivity index (χ4n) is 3.17. The van der Waals surface area contributed by atoms with Crippen LogP contribution in [0.2, 0.25) is 0 Å². The first-order valence-electron chi connectivity index (χ1n) is 8.33. The van der Waals surface area contributed by atoms with Crippen LogP contribution in [0.25, 0.3) is 0 Å². The number of carbonyl (C=O) groups excluding carboxylic acids is 2. The smallest absolute Gasteiger partial charge is 0.320 e. The first-order valence-corrected chi connectivity index (χ1v) is 8.33. The van der Waals surface area contributed by atoms with Crippen molar-refractivity contribution in [1.29, 1.82) is 0 Å². The van der Waals surface area contributed by atoms with Crippen LogP contribution >= 0.6 is 0 Å². The van der Waals surface area contributed by atoms with Crippen LogP contribution in [0.15, 0.2) is 24.3 Å². The summed E-state index contributed by atoms with van der Waals surface area (Å²) in [6.07, 6.45) is 0.857. The normalized spacial score (nSPS) is 18.5. The molecule has 0 radical (unpaired) electrons. The van der Waals surface area contributed by atoms with E-state index in [0.717, 1.165) is 44.0 Å². The van der Waals surface area contributed by atoms with E-state index in [1.165, 1.54) is 0 Å². The van der Waals surface area contributed by atoms with Gasteiger partial charge in [0, 0.05) is 58.0 Å². The van der Waals surface area contributed by atoms with Gasteiger partial charge in [0.2, 0.25) is 6.41 Å².